The average molecular weight is 282 g/mol. The van der Waals surface area contributed by atoms with Crippen LogP contribution in [0.15, 0.2) is 53.6 Å². The molecule has 0 saturated carbocycles. The van der Waals surface area contributed by atoms with Crippen LogP contribution in [-0.2, 0) is 11.2 Å². The number of nitrogens with zero attached hydrogens (tertiary/aromatic N) is 1. The lowest BCUT2D eigenvalue weighted by atomic mass is 10.1. The molecule has 0 aliphatic rings. The topological polar surface area (TPSA) is 50.7 Å². The van der Waals surface area contributed by atoms with E-state index in [1.165, 1.54) is 5.56 Å². The van der Waals surface area contributed by atoms with E-state index in [-0.39, 0.29) is 12.3 Å². The predicted octanol–water partition coefficient (Wildman–Crippen LogP) is 2.70. The highest BCUT2D eigenvalue weighted by Gasteiger charge is 2.02. The van der Waals surface area contributed by atoms with Gasteiger partial charge in [-0.1, -0.05) is 42.0 Å². The first-order valence-corrected chi connectivity index (χ1v) is 6.69. The number of ether oxygens (including phenoxy) is 1. The maximum absolute atomic E-state index is 11.8. The van der Waals surface area contributed by atoms with Crippen LogP contribution in [0.1, 0.15) is 16.7 Å². The molecular formula is C17H18N2O2. The molecule has 2 aromatic carbocycles. The Balaban J connectivity index is 1.85. The van der Waals surface area contributed by atoms with Crippen molar-refractivity contribution in [2.75, 3.05) is 7.11 Å². The van der Waals surface area contributed by atoms with Crippen molar-refractivity contribution in [2.45, 2.75) is 13.3 Å². The Morgan fingerprint density at radius 2 is 1.81 bits per heavy atom. The molecule has 0 aromatic heterocycles. The fourth-order valence-electron chi connectivity index (χ4n) is 1.80. The number of nitrogens with one attached hydrogen (secondary N) is 1. The zero-order valence-corrected chi connectivity index (χ0v) is 12.2. The Labute approximate surface area is 124 Å². The van der Waals surface area contributed by atoms with E-state index in [1.54, 1.807) is 13.3 Å². The van der Waals surface area contributed by atoms with Crippen LogP contribution in [0, 0.1) is 6.92 Å². The molecule has 0 atom stereocenters. The zero-order chi connectivity index (χ0) is 15.1. The van der Waals surface area contributed by atoms with Crippen molar-refractivity contribution in [3.63, 3.8) is 0 Å². The van der Waals surface area contributed by atoms with Gasteiger partial charge in [0.2, 0.25) is 5.91 Å². The van der Waals surface area contributed by atoms with Crippen LogP contribution >= 0.6 is 0 Å². The third-order valence-electron chi connectivity index (χ3n) is 3.00. The third kappa shape index (κ3) is 4.76. The van der Waals surface area contributed by atoms with E-state index in [9.17, 15) is 4.79 Å². The van der Waals surface area contributed by atoms with Crippen LogP contribution in [0.3, 0.4) is 0 Å². The minimum Gasteiger partial charge on any atom is -0.497 e. The van der Waals surface area contributed by atoms with Crippen molar-refractivity contribution >= 4 is 12.1 Å². The Bertz CT molecular complexity index is 616. The van der Waals surface area contributed by atoms with Crippen LogP contribution in [-0.4, -0.2) is 19.2 Å². The second-order valence-corrected chi connectivity index (χ2v) is 4.73. The molecule has 0 radical (unpaired) electrons. The number of amides is 1. The Kier molecular flexibility index (Phi) is 5.10. The zero-order valence-electron chi connectivity index (χ0n) is 12.2. The minimum atomic E-state index is -0.150. The summed E-state index contributed by atoms with van der Waals surface area (Å²) in [5.74, 6) is 0.625. The molecule has 0 unspecified atom stereocenters. The SMILES string of the molecule is COc1ccc(CC(=O)N/N=C\c2ccc(C)cc2)cc1. The van der Waals surface area contributed by atoms with Crippen molar-refractivity contribution < 1.29 is 9.53 Å². The maximum Gasteiger partial charge on any atom is 0.244 e. The summed E-state index contributed by atoms with van der Waals surface area (Å²) < 4.78 is 5.07. The molecule has 0 aliphatic carbocycles. The molecule has 0 heterocycles. The lowest BCUT2D eigenvalue weighted by Crippen LogP contribution is -2.19. The standard InChI is InChI=1S/C17H18N2O2/c1-13-3-5-15(6-4-13)12-18-19-17(20)11-14-7-9-16(21-2)10-8-14/h3-10,12H,11H2,1-2H3,(H,19,20)/b18-12-. The number of rotatable bonds is 5. The van der Waals surface area contributed by atoms with E-state index in [4.69, 9.17) is 4.74 Å². The molecule has 0 spiro atoms. The van der Waals surface area contributed by atoms with Gasteiger partial charge in [0.25, 0.3) is 0 Å². The van der Waals surface area contributed by atoms with Crippen LogP contribution in [0.4, 0.5) is 0 Å². The number of methoxy groups -OCH3 is 1. The number of hydrogen-bond acceptors (Lipinski definition) is 3. The Morgan fingerprint density at radius 3 is 2.43 bits per heavy atom. The maximum atomic E-state index is 11.8. The molecule has 4 heteroatoms. The monoisotopic (exact) mass is 282 g/mol. The molecule has 0 aliphatic heterocycles. The number of benzene rings is 2. The van der Waals surface area contributed by atoms with E-state index < -0.39 is 0 Å². The average Bonchev–Trinajstić information content (AvgIpc) is 2.50. The summed E-state index contributed by atoms with van der Waals surface area (Å²) in [6.45, 7) is 2.03. The lowest BCUT2D eigenvalue weighted by Gasteiger charge is -2.02. The fourth-order valence-corrected chi connectivity index (χ4v) is 1.80. The Morgan fingerprint density at radius 1 is 1.14 bits per heavy atom. The van der Waals surface area contributed by atoms with Gasteiger partial charge in [-0.2, -0.15) is 5.10 Å². The van der Waals surface area contributed by atoms with Crippen molar-refractivity contribution in [1.82, 2.24) is 5.43 Å². The quantitative estimate of drug-likeness (QED) is 0.677. The molecule has 0 bridgehead atoms. The summed E-state index contributed by atoms with van der Waals surface area (Å²) in [6, 6.07) is 15.3. The number of carbonyl (C=O) groups is 1. The van der Waals surface area contributed by atoms with Gasteiger partial charge in [0, 0.05) is 0 Å². The highest BCUT2D eigenvalue weighted by molar-refractivity contribution is 5.83. The normalized spacial score (nSPS) is 10.6. The second kappa shape index (κ2) is 7.24. The first-order chi connectivity index (χ1) is 10.2. The second-order valence-electron chi connectivity index (χ2n) is 4.73. The third-order valence-corrected chi connectivity index (χ3v) is 3.00. The van der Waals surface area contributed by atoms with Gasteiger partial charge in [-0.25, -0.2) is 5.43 Å². The summed E-state index contributed by atoms with van der Waals surface area (Å²) >= 11 is 0. The van der Waals surface area contributed by atoms with Crippen molar-refractivity contribution in [3.05, 3.63) is 65.2 Å². The van der Waals surface area contributed by atoms with Crippen molar-refractivity contribution in [2.24, 2.45) is 5.10 Å². The molecule has 0 saturated heterocycles. The van der Waals surface area contributed by atoms with Crippen LogP contribution in [0.25, 0.3) is 0 Å². The number of hydrogen-bond donors (Lipinski definition) is 1. The van der Waals surface area contributed by atoms with Crippen LogP contribution in [0.5, 0.6) is 5.75 Å². The minimum absolute atomic E-state index is 0.150. The highest BCUT2D eigenvalue weighted by atomic mass is 16.5. The number of carbonyl (C=O) groups excluding carboxylic acids is 1. The van der Waals surface area contributed by atoms with E-state index >= 15 is 0 Å². The summed E-state index contributed by atoms with van der Waals surface area (Å²) in [6.07, 6.45) is 1.92. The van der Waals surface area contributed by atoms with Gasteiger partial charge >= 0.3 is 0 Å². The summed E-state index contributed by atoms with van der Waals surface area (Å²) in [5.41, 5.74) is 5.58. The fraction of sp³-hybridized carbons (Fsp3) is 0.176. The molecule has 4 nitrogen and oxygen atoms in total. The smallest absolute Gasteiger partial charge is 0.244 e. The van der Waals surface area contributed by atoms with Gasteiger partial charge in [-0.3, -0.25) is 4.79 Å². The Hall–Kier alpha value is -2.62. The number of aryl methyl sites for hydroxylation is 1. The van der Waals surface area contributed by atoms with Gasteiger partial charge in [0.05, 0.1) is 19.7 Å². The van der Waals surface area contributed by atoms with Gasteiger partial charge in [0.15, 0.2) is 0 Å². The molecule has 1 N–H and O–H groups in total. The predicted molar refractivity (Wildman–Crippen MR) is 83.6 cm³/mol. The van der Waals surface area contributed by atoms with Gasteiger partial charge < -0.3 is 4.74 Å². The molecule has 21 heavy (non-hydrogen) atoms. The van der Waals surface area contributed by atoms with E-state index in [0.29, 0.717) is 0 Å². The number of hydrazone groups is 1. The molecule has 2 rings (SSSR count). The van der Waals surface area contributed by atoms with Crippen LogP contribution in [0.2, 0.25) is 0 Å². The van der Waals surface area contributed by atoms with Crippen molar-refractivity contribution in [3.8, 4) is 5.75 Å². The molecule has 2 aromatic rings. The van der Waals surface area contributed by atoms with E-state index in [0.717, 1.165) is 16.9 Å². The van der Waals surface area contributed by atoms with E-state index in [2.05, 4.69) is 10.5 Å². The van der Waals surface area contributed by atoms with Crippen LogP contribution < -0.4 is 10.2 Å². The molecule has 1 amide bonds. The largest absolute Gasteiger partial charge is 0.497 e. The first kappa shape index (κ1) is 14.8. The molecule has 108 valence electrons. The molecule has 0 fully saturated rings. The summed E-state index contributed by atoms with van der Waals surface area (Å²) in [5, 5.41) is 3.95. The van der Waals surface area contributed by atoms with Gasteiger partial charge in [-0.15, -0.1) is 0 Å². The van der Waals surface area contributed by atoms with Gasteiger partial charge in [0.1, 0.15) is 5.75 Å². The first-order valence-electron chi connectivity index (χ1n) is 6.69. The highest BCUT2D eigenvalue weighted by Crippen LogP contribution is 2.11. The molecular weight excluding hydrogens is 264 g/mol. The van der Waals surface area contributed by atoms with Crippen molar-refractivity contribution in [1.29, 1.82) is 0 Å². The van der Waals surface area contributed by atoms with E-state index in [1.807, 2.05) is 55.5 Å². The summed E-state index contributed by atoms with van der Waals surface area (Å²) in [4.78, 5) is 11.8. The summed E-state index contributed by atoms with van der Waals surface area (Å²) in [7, 11) is 1.61. The van der Waals surface area contributed by atoms with Gasteiger partial charge in [-0.05, 0) is 30.2 Å². The lowest BCUT2D eigenvalue weighted by molar-refractivity contribution is -0.120.